The van der Waals surface area contributed by atoms with Crippen LogP contribution in [0, 0.1) is 5.92 Å². The molecule has 0 bridgehead atoms. The van der Waals surface area contributed by atoms with Crippen LogP contribution in [0.4, 0.5) is 11.4 Å². The van der Waals surface area contributed by atoms with E-state index in [2.05, 4.69) is 75.3 Å². The van der Waals surface area contributed by atoms with Gasteiger partial charge in [-0.2, -0.15) is 0 Å². The van der Waals surface area contributed by atoms with E-state index < -0.39 is 0 Å². The lowest BCUT2D eigenvalue weighted by Gasteiger charge is -2.33. The highest BCUT2D eigenvalue weighted by Gasteiger charge is 2.42. The highest BCUT2D eigenvalue weighted by molar-refractivity contribution is 7.80. The molecule has 4 aromatic rings. The van der Waals surface area contributed by atoms with Crippen molar-refractivity contribution in [3.05, 3.63) is 102 Å². The molecule has 2 aromatic carbocycles. The second-order valence-electron chi connectivity index (χ2n) is 10.5. The van der Waals surface area contributed by atoms with Gasteiger partial charge in [0, 0.05) is 42.6 Å². The second-order valence-corrected chi connectivity index (χ2v) is 11.3. The molecule has 2 saturated heterocycles. The molecule has 2 aliphatic heterocycles. The Kier molecular flexibility index (Phi) is 7.67. The first-order chi connectivity index (χ1) is 19.5. The molecule has 1 N–H and O–H groups in total. The van der Waals surface area contributed by atoms with Crippen molar-refractivity contribution in [3.63, 3.8) is 0 Å². The number of aromatic nitrogens is 2. The molecule has 6 nitrogen and oxygen atoms in total. The lowest BCUT2D eigenvalue weighted by molar-refractivity contribution is 0.340. The molecule has 0 amide bonds. The number of anilines is 2. The molecule has 40 heavy (non-hydrogen) atoms. The summed E-state index contributed by atoms with van der Waals surface area (Å²) in [5.74, 6) is 1.62. The van der Waals surface area contributed by atoms with Crippen LogP contribution in [0.5, 0.6) is 5.75 Å². The van der Waals surface area contributed by atoms with Gasteiger partial charge in [-0.1, -0.05) is 24.6 Å². The Morgan fingerprint density at radius 3 is 2.48 bits per heavy atom. The number of hydrogen-bond acceptors (Lipinski definition) is 4. The minimum absolute atomic E-state index is 0.146. The number of pyridine rings is 1. The monoisotopic (exact) mass is 571 g/mol. The molecular weight excluding hydrogens is 538 g/mol. The zero-order valence-electron chi connectivity index (χ0n) is 22.8. The molecule has 2 aliphatic rings. The van der Waals surface area contributed by atoms with E-state index in [-0.39, 0.29) is 12.1 Å². The van der Waals surface area contributed by atoms with Crippen LogP contribution in [0.25, 0.3) is 5.69 Å². The van der Waals surface area contributed by atoms with Crippen molar-refractivity contribution in [2.75, 3.05) is 29.5 Å². The summed E-state index contributed by atoms with van der Waals surface area (Å²) in [4.78, 5) is 9.29. The first-order valence-corrected chi connectivity index (χ1v) is 14.8. The van der Waals surface area contributed by atoms with Gasteiger partial charge in [0.1, 0.15) is 11.8 Å². The third-order valence-electron chi connectivity index (χ3n) is 7.94. The summed E-state index contributed by atoms with van der Waals surface area (Å²) in [6, 6.07) is 24.5. The van der Waals surface area contributed by atoms with Crippen molar-refractivity contribution >= 4 is 40.3 Å². The van der Waals surface area contributed by atoms with E-state index in [0.29, 0.717) is 11.7 Å². The molecule has 2 fully saturated rings. The van der Waals surface area contributed by atoms with Crippen molar-refractivity contribution in [2.24, 2.45) is 5.92 Å². The predicted molar refractivity (Wildman–Crippen MR) is 167 cm³/mol. The highest BCUT2D eigenvalue weighted by atomic mass is 35.5. The number of piperidine rings is 1. The standard InChI is InChI=1S/C32H34ClN5OS/c1-3-39-25-12-9-23(10-13-25)37-18-6-8-29(37)31-30(27-7-4-5-17-34-27)35-32(40)38(31)24-11-14-28(26(33)21-24)36-19-15-22(2)16-20-36/h4-14,17-18,21-22,30-31H,3,15-16,19-20H2,1-2H3,(H,35,40)/t30-,31-/m0/s1. The van der Waals surface area contributed by atoms with Gasteiger partial charge in [0.25, 0.3) is 0 Å². The summed E-state index contributed by atoms with van der Waals surface area (Å²) >= 11 is 12.9. The maximum atomic E-state index is 6.96. The van der Waals surface area contributed by atoms with Crippen LogP contribution in [0.2, 0.25) is 5.02 Å². The second kappa shape index (κ2) is 11.5. The molecule has 6 rings (SSSR count). The number of nitrogens with one attached hydrogen (secondary N) is 1. The largest absolute Gasteiger partial charge is 0.494 e. The Morgan fingerprint density at radius 1 is 1.00 bits per heavy atom. The zero-order valence-corrected chi connectivity index (χ0v) is 24.4. The lowest BCUT2D eigenvalue weighted by atomic mass is 9.98. The Hall–Kier alpha value is -3.55. The normalized spacial score (nSPS) is 19.6. The Balaban J connectivity index is 1.40. The van der Waals surface area contributed by atoms with Crippen LogP contribution in [0.3, 0.4) is 0 Å². The molecule has 0 spiro atoms. The number of halogens is 1. The summed E-state index contributed by atoms with van der Waals surface area (Å²) in [5.41, 5.74) is 5.12. The van der Waals surface area contributed by atoms with Gasteiger partial charge in [0.2, 0.25) is 0 Å². The molecular formula is C32H34ClN5OS. The van der Waals surface area contributed by atoms with E-state index in [1.807, 2.05) is 43.5 Å². The molecule has 0 unspecified atom stereocenters. The van der Waals surface area contributed by atoms with Crippen molar-refractivity contribution in [1.29, 1.82) is 0 Å². The maximum Gasteiger partial charge on any atom is 0.174 e. The van der Waals surface area contributed by atoms with E-state index >= 15 is 0 Å². The Morgan fingerprint density at radius 2 is 1.77 bits per heavy atom. The molecule has 0 aliphatic carbocycles. The molecule has 2 aromatic heterocycles. The first kappa shape index (κ1) is 26.7. The van der Waals surface area contributed by atoms with Gasteiger partial charge in [0.15, 0.2) is 5.11 Å². The van der Waals surface area contributed by atoms with Gasteiger partial charge in [0.05, 0.1) is 29.1 Å². The number of hydrogen-bond donors (Lipinski definition) is 1. The van der Waals surface area contributed by atoms with Gasteiger partial charge in [-0.3, -0.25) is 4.98 Å². The van der Waals surface area contributed by atoms with Gasteiger partial charge < -0.3 is 24.4 Å². The number of thiocarbonyl (C=S) groups is 1. The summed E-state index contributed by atoms with van der Waals surface area (Å²) < 4.78 is 7.89. The van der Waals surface area contributed by atoms with Crippen molar-refractivity contribution in [1.82, 2.24) is 14.9 Å². The van der Waals surface area contributed by atoms with E-state index in [1.165, 1.54) is 12.8 Å². The highest BCUT2D eigenvalue weighted by Crippen LogP contribution is 2.44. The summed E-state index contributed by atoms with van der Waals surface area (Å²) in [6.07, 6.45) is 6.30. The number of benzene rings is 2. The lowest BCUT2D eigenvalue weighted by Crippen LogP contribution is -2.33. The predicted octanol–water partition coefficient (Wildman–Crippen LogP) is 7.34. The zero-order chi connectivity index (χ0) is 27.6. The molecule has 8 heteroatoms. The first-order valence-electron chi connectivity index (χ1n) is 14.0. The quantitative estimate of drug-likeness (QED) is 0.234. The minimum Gasteiger partial charge on any atom is -0.494 e. The fourth-order valence-electron chi connectivity index (χ4n) is 5.82. The van der Waals surface area contributed by atoms with Crippen molar-refractivity contribution in [2.45, 2.75) is 38.8 Å². The van der Waals surface area contributed by atoms with Crippen LogP contribution in [-0.4, -0.2) is 34.4 Å². The fraction of sp³-hybridized carbons (Fsp3) is 0.312. The Bertz CT molecular complexity index is 1470. The number of rotatable bonds is 7. The van der Waals surface area contributed by atoms with Crippen LogP contribution in [-0.2, 0) is 0 Å². The average Bonchev–Trinajstić information content (AvgIpc) is 3.59. The van der Waals surface area contributed by atoms with E-state index in [4.69, 9.17) is 33.5 Å². The van der Waals surface area contributed by atoms with Gasteiger partial charge in [-0.05, 0) is 105 Å². The summed E-state index contributed by atoms with van der Waals surface area (Å²) in [5, 5.41) is 4.97. The smallest absolute Gasteiger partial charge is 0.174 e. The van der Waals surface area contributed by atoms with Gasteiger partial charge >= 0.3 is 0 Å². The summed E-state index contributed by atoms with van der Waals surface area (Å²) in [7, 11) is 0. The minimum atomic E-state index is -0.151. The van der Waals surface area contributed by atoms with E-state index in [1.54, 1.807) is 0 Å². The van der Waals surface area contributed by atoms with Crippen LogP contribution in [0.1, 0.15) is 50.2 Å². The number of ether oxygens (including phenoxy) is 1. The number of nitrogens with zero attached hydrogens (tertiary/aromatic N) is 4. The maximum absolute atomic E-state index is 6.96. The van der Waals surface area contributed by atoms with Crippen LogP contribution >= 0.6 is 23.8 Å². The fourth-order valence-corrected chi connectivity index (χ4v) is 6.47. The third kappa shape index (κ3) is 5.16. The molecule has 206 valence electrons. The van der Waals surface area contributed by atoms with E-state index in [9.17, 15) is 0 Å². The van der Waals surface area contributed by atoms with Gasteiger partial charge in [-0.15, -0.1) is 0 Å². The SMILES string of the molecule is CCOc1ccc(-n2cccc2[C@H]2[C@H](c3ccccn3)NC(=S)N2c2ccc(N3CCC(C)CC3)c(Cl)c2)cc1. The van der Waals surface area contributed by atoms with Gasteiger partial charge in [-0.25, -0.2) is 0 Å². The van der Waals surface area contributed by atoms with Crippen molar-refractivity contribution < 1.29 is 4.74 Å². The molecule has 0 saturated carbocycles. The Labute approximate surface area is 246 Å². The van der Waals surface area contributed by atoms with Crippen molar-refractivity contribution in [3.8, 4) is 11.4 Å². The topological polar surface area (TPSA) is 45.6 Å². The van der Waals surface area contributed by atoms with Crippen LogP contribution < -0.4 is 19.9 Å². The van der Waals surface area contributed by atoms with Crippen LogP contribution in [0.15, 0.2) is 85.2 Å². The molecule has 2 atom stereocenters. The summed E-state index contributed by atoms with van der Waals surface area (Å²) in [6.45, 7) is 7.02. The molecule has 4 heterocycles. The van der Waals surface area contributed by atoms with E-state index in [0.717, 1.165) is 58.2 Å². The average molecular weight is 572 g/mol. The third-order valence-corrected chi connectivity index (χ3v) is 8.56. The molecule has 0 radical (unpaired) electrons.